The van der Waals surface area contributed by atoms with Gasteiger partial charge in [-0.2, -0.15) is 5.10 Å². The fourth-order valence-electron chi connectivity index (χ4n) is 0.913. The van der Waals surface area contributed by atoms with Crippen molar-refractivity contribution in [3.8, 4) is 0 Å². The van der Waals surface area contributed by atoms with Crippen molar-refractivity contribution in [1.29, 1.82) is 0 Å². The predicted octanol–water partition coefficient (Wildman–Crippen LogP) is 0.788. The molecule has 1 heterocycles. The van der Waals surface area contributed by atoms with Crippen molar-refractivity contribution in [3.63, 3.8) is 0 Å². The molecule has 0 aliphatic heterocycles. The zero-order valence-corrected chi connectivity index (χ0v) is 6.75. The number of hydrogen-bond donors (Lipinski definition) is 1. The minimum atomic E-state index is 0.781. The minimum absolute atomic E-state index is 0.781. The fourth-order valence-corrected chi connectivity index (χ4v) is 0.913. The van der Waals surface area contributed by atoms with Crippen molar-refractivity contribution in [2.24, 2.45) is 0 Å². The maximum absolute atomic E-state index is 4.27. The fraction of sp³-hybridized carbons (Fsp3) is 0.375. The van der Waals surface area contributed by atoms with E-state index in [1.807, 2.05) is 30.1 Å². The molecule has 0 radical (unpaired) electrons. The maximum Gasteiger partial charge on any atom is 0.0762 e. The first-order valence-corrected chi connectivity index (χ1v) is 3.64. The summed E-state index contributed by atoms with van der Waals surface area (Å²) in [5.41, 5.74) is 1.06. The lowest BCUT2D eigenvalue weighted by Gasteiger charge is -1.94. The lowest BCUT2D eigenvalue weighted by Crippen LogP contribution is -2.06. The third-order valence-corrected chi connectivity index (χ3v) is 1.37. The molecule has 0 spiro atoms. The van der Waals surface area contributed by atoms with Gasteiger partial charge in [0, 0.05) is 12.7 Å². The summed E-state index contributed by atoms with van der Waals surface area (Å²) in [5.74, 6) is 0. The van der Waals surface area contributed by atoms with E-state index in [4.69, 9.17) is 0 Å². The molecule has 1 N–H and O–H groups in total. The molecule has 1 aromatic heterocycles. The van der Waals surface area contributed by atoms with Gasteiger partial charge < -0.3 is 5.32 Å². The smallest absolute Gasteiger partial charge is 0.0762 e. The summed E-state index contributed by atoms with van der Waals surface area (Å²) in [6.45, 7) is 5.24. The lowest BCUT2D eigenvalue weighted by molar-refractivity contribution is 0.670. The number of nitrogens with one attached hydrogen (secondary N) is 1. The second-order valence-corrected chi connectivity index (χ2v) is 2.35. The zero-order chi connectivity index (χ0) is 8.10. The van der Waals surface area contributed by atoms with Crippen LogP contribution in [0.1, 0.15) is 5.69 Å². The van der Waals surface area contributed by atoms with E-state index in [0.717, 1.165) is 18.8 Å². The number of aromatic nitrogens is 2. The number of allylic oxidation sites excluding steroid dienone is 1. The Labute approximate surface area is 66.7 Å². The van der Waals surface area contributed by atoms with E-state index in [2.05, 4.69) is 17.0 Å². The zero-order valence-electron chi connectivity index (χ0n) is 6.75. The van der Waals surface area contributed by atoms with Gasteiger partial charge in [0.05, 0.1) is 12.2 Å². The molecule has 0 aromatic carbocycles. The van der Waals surface area contributed by atoms with Crippen molar-refractivity contribution < 1.29 is 0 Å². The van der Waals surface area contributed by atoms with Gasteiger partial charge in [0.25, 0.3) is 0 Å². The summed E-state index contributed by atoms with van der Waals surface area (Å²) in [6, 6.07) is 2.00. The van der Waals surface area contributed by atoms with E-state index >= 15 is 0 Å². The molecule has 11 heavy (non-hydrogen) atoms. The Balaban J connectivity index is 2.57. The van der Waals surface area contributed by atoms with Crippen LogP contribution in [0.3, 0.4) is 0 Å². The molecule has 3 nitrogen and oxygen atoms in total. The SMILES string of the molecule is C=CCn1ccc(CNC)n1. The Morgan fingerprint density at radius 3 is 3.27 bits per heavy atom. The van der Waals surface area contributed by atoms with Crippen LogP contribution in [0, 0.1) is 0 Å². The van der Waals surface area contributed by atoms with Crippen LogP contribution >= 0.6 is 0 Å². The molecule has 60 valence electrons. The van der Waals surface area contributed by atoms with Crippen LogP contribution in [0.4, 0.5) is 0 Å². The van der Waals surface area contributed by atoms with Crippen molar-refractivity contribution in [2.45, 2.75) is 13.1 Å². The van der Waals surface area contributed by atoms with Gasteiger partial charge in [-0.3, -0.25) is 4.68 Å². The van der Waals surface area contributed by atoms with E-state index < -0.39 is 0 Å². The molecule has 3 heteroatoms. The highest BCUT2D eigenvalue weighted by Crippen LogP contribution is 1.94. The molecule has 0 fully saturated rings. The Bertz CT molecular complexity index is 227. The normalized spacial score (nSPS) is 9.91. The van der Waals surface area contributed by atoms with Crippen LogP contribution in [0.5, 0.6) is 0 Å². The van der Waals surface area contributed by atoms with E-state index in [1.54, 1.807) is 0 Å². The third-order valence-electron chi connectivity index (χ3n) is 1.37. The number of nitrogens with zero attached hydrogens (tertiary/aromatic N) is 2. The first kappa shape index (κ1) is 8.01. The molecular formula is C8H13N3. The molecule has 0 atom stereocenters. The molecular weight excluding hydrogens is 138 g/mol. The molecule has 0 amide bonds. The van der Waals surface area contributed by atoms with Gasteiger partial charge >= 0.3 is 0 Å². The highest BCUT2D eigenvalue weighted by molar-refractivity contribution is 4.98. The van der Waals surface area contributed by atoms with Crippen molar-refractivity contribution in [1.82, 2.24) is 15.1 Å². The van der Waals surface area contributed by atoms with E-state index in [-0.39, 0.29) is 0 Å². The monoisotopic (exact) mass is 151 g/mol. The molecule has 1 rings (SSSR count). The highest BCUT2D eigenvalue weighted by atomic mass is 15.3. The Kier molecular flexibility index (Phi) is 2.86. The summed E-state index contributed by atoms with van der Waals surface area (Å²) >= 11 is 0. The minimum Gasteiger partial charge on any atom is -0.314 e. The summed E-state index contributed by atoms with van der Waals surface area (Å²) in [5, 5.41) is 7.31. The van der Waals surface area contributed by atoms with Crippen LogP contribution in [0.25, 0.3) is 0 Å². The Morgan fingerprint density at radius 1 is 1.82 bits per heavy atom. The van der Waals surface area contributed by atoms with Crippen molar-refractivity contribution in [2.75, 3.05) is 7.05 Å². The summed E-state index contributed by atoms with van der Waals surface area (Å²) in [7, 11) is 1.91. The van der Waals surface area contributed by atoms with E-state index in [9.17, 15) is 0 Å². The van der Waals surface area contributed by atoms with Gasteiger partial charge in [0.2, 0.25) is 0 Å². The Morgan fingerprint density at radius 2 is 2.64 bits per heavy atom. The van der Waals surface area contributed by atoms with E-state index in [0.29, 0.717) is 0 Å². The molecule has 0 saturated carbocycles. The van der Waals surface area contributed by atoms with Gasteiger partial charge in [0.1, 0.15) is 0 Å². The van der Waals surface area contributed by atoms with Gasteiger partial charge in [-0.15, -0.1) is 6.58 Å². The number of rotatable bonds is 4. The topological polar surface area (TPSA) is 29.9 Å². The summed E-state index contributed by atoms with van der Waals surface area (Å²) in [4.78, 5) is 0. The van der Waals surface area contributed by atoms with Gasteiger partial charge in [-0.1, -0.05) is 6.08 Å². The highest BCUT2D eigenvalue weighted by Gasteiger charge is 1.94. The van der Waals surface area contributed by atoms with Gasteiger partial charge in [0.15, 0.2) is 0 Å². The molecule has 0 aliphatic rings. The average molecular weight is 151 g/mol. The predicted molar refractivity (Wildman–Crippen MR) is 45.2 cm³/mol. The number of hydrogen-bond acceptors (Lipinski definition) is 2. The van der Waals surface area contributed by atoms with Crippen molar-refractivity contribution >= 4 is 0 Å². The summed E-state index contributed by atoms with van der Waals surface area (Å²) < 4.78 is 1.86. The lowest BCUT2D eigenvalue weighted by atomic mass is 10.4. The van der Waals surface area contributed by atoms with Crippen LogP contribution in [-0.4, -0.2) is 16.8 Å². The second-order valence-electron chi connectivity index (χ2n) is 2.35. The maximum atomic E-state index is 4.27. The van der Waals surface area contributed by atoms with Gasteiger partial charge in [-0.05, 0) is 13.1 Å². The average Bonchev–Trinajstić information content (AvgIpc) is 2.38. The van der Waals surface area contributed by atoms with Crippen LogP contribution in [0.2, 0.25) is 0 Å². The third kappa shape index (κ3) is 2.20. The molecule has 0 saturated heterocycles. The molecule has 1 aromatic rings. The Hall–Kier alpha value is -1.09. The molecule has 0 aliphatic carbocycles. The van der Waals surface area contributed by atoms with Crippen molar-refractivity contribution in [3.05, 3.63) is 30.6 Å². The molecule has 0 unspecified atom stereocenters. The van der Waals surface area contributed by atoms with Gasteiger partial charge in [-0.25, -0.2) is 0 Å². The largest absolute Gasteiger partial charge is 0.314 e. The van der Waals surface area contributed by atoms with Crippen LogP contribution < -0.4 is 5.32 Å². The quantitative estimate of drug-likeness (QED) is 0.645. The first-order valence-electron chi connectivity index (χ1n) is 3.64. The first-order chi connectivity index (χ1) is 5.36. The van der Waals surface area contributed by atoms with Crippen LogP contribution in [-0.2, 0) is 13.1 Å². The standard InChI is InChI=1S/C8H13N3/c1-3-5-11-6-4-8(10-11)7-9-2/h3-4,6,9H,1,5,7H2,2H3. The second kappa shape index (κ2) is 3.93. The summed E-state index contributed by atoms with van der Waals surface area (Å²) in [6.07, 6.45) is 3.78. The molecule has 0 bridgehead atoms. The van der Waals surface area contributed by atoms with Crippen LogP contribution in [0.15, 0.2) is 24.9 Å². The van der Waals surface area contributed by atoms with E-state index in [1.165, 1.54) is 0 Å².